The van der Waals surface area contributed by atoms with Gasteiger partial charge in [0.2, 0.25) is 0 Å². The molecule has 0 atom stereocenters. The molecular weight excluding hydrogens is 451 g/mol. The van der Waals surface area contributed by atoms with Crippen LogP contribution in [0.15, 0.2) is 42.6 Å². The lowest BCUT2D eigenvalue weighted by molar-refractivity contribution is -0.140. The zero-order chi connectivity index (χ0) is 23.2. The van der Waals surface area contributed by atoms with Crippen molar-refractivity contribution in [2.75, 3.05) is 5.32 Å². The summed E-state index contributed by atoms with van der Waals surface area (Å²) in [6, 6.07) is 10.7. The molecule has 2 N–H and O–H groups in total. The Morgan fingerprint density at radius 1 is 1.06 bits per heavy atom. The van der Waals surface area contributed by atoms with Gasteiger partial charge >= 0.3 is 6.18 Å². The number of halogens is 3. The number of aryl methyl sites for hydroxylation is 1. The molecule has 1 saturated carbocycles. The van der Waals surface area contributed by atoms with Crippen molar-refractivity contribution in [3.05, 3.63) is 58.9 Å². The van der Waals surface area contributed by atoms with E-state index in [4.69, 9.17) is 0 Å². The minimum atomic E-state index is -4.48. The summed E-state index contributed by atoms with van der Waals surface area (Å²) in [6.07, 6.45) is -0.297. The smallest absolute Gasteiger partial charge is 0.368 e. The van der Waals surface area contributed by atoms with Gasteiger partial charge in [0.25, 0.3) is 5.91 Å². The molecule has 3 aromatic heterocycles. The number of hydrogen-bond acceptors (Lipinski definition) is 5. The van der Waals surface area contributed by atoms with Crippen molar-refractivity contribution in [2.45, 2.75) is 50.9 Å². The van der Waals surface area contributed by atoms with E-state index in [-0.39, 0.29) is 23.6 Å². The number of amides is 1. The topological polar surface area (TPSA) is 71.3 Å². The van der Waals surface area contributed by atoms with E-state index in [0.717, 1.165) is 47.1 Å². The van der Waals surface area contributed by atoms with Gasteiger partial charge in [0.15, 0.2) is 5.69 Å². The van der Waals surface area contributed by atoms with Crippen molar-refractivity contribution in [3.63, 3.8) is 0 Å². The predicted molar refractivity (Wildman–Crippen MR) is 122 cm³/mol. The first-order valence-electron chi connectivity index (χ1n) is 10.8. The number of carbonyl (C=O) groups is 1. The lowest BCUT2D eigenvalue weighted by Crippen LogP contribution is -2.40. The molecule has 5 rings (SSSR count). The molecule has 0 unspecified atom stereocenters. The molecule has 6 nitrogen and oxygen atoms in total. The van der Waals surface area contributed by atoms with E-state index in [9.17, 15) is 18.0 Å². The molecule has 1 aliphatic rings. The Balaban J connectivity index is 1.23. The van der Waals surface area contributed by atoms with Crippen LogP contribution in [0.1, 0.15) is 46.7 Å². The normalized spacial score (nSPS) is 19.2. The van der Waals surface area contributed by atoms with E-state index in [1.54, 1.807) is 18.2 Å². The molecule has 172 valence electrons. The van der Waals surface area contributed by atoms with Crippen molar-refractivity contribution in [2.24, 2.45) is 0 Å². The monoisotopic (exact) mass is 473 g/mol. The Kier molecular flexibility index (Phi) is 5.48. The van der Waals surface area contributed by atoms with Crippen molar-refractivity contribution in [3.8, 4) is 0 Å². The first-order chi connectivity index (χ1) is 15.8. The van der Waals surface area contributed by atoms with Crippen LogP contribution in [0.4, 0.5) is 19.0 Å². The van der Waals surface area contributed by atoms with Crippen molar-refractivity contribution in [1.29, 1.82) is 0 Å². The summed E-state index contributed by atoms with van der Waals surface area (Å²) in [6.45, 7) is 1.93. The molecule has 33 heavy (non-hydrogen) atoms. The highest BCUT2D eigenvalue weighted by Crippen LogP contribution is 2.30. The number of nitrogens with one attached hydrogen (secondary N) is 2. The van der Waals surface area contributed by atoms with E-state index in [0.29, 0.717) is 11.4 Å². The lowest BCUT2D eigenvalue weighted by atomic mass is 9.91. The highest BCUT2D eigenvalue weighted by atomic mass is 32.1. The van der Waals surface area contributed by atoms with Crippen LogP contribution in [-0.2, 0) is 6.18 Å². The fraction of sp³-hybridized carbons (Fsp3) is 0.348. The molecule has 1 aliphatic carbocycles. The molecule has 0 saturated heterocycles. The Bertz CT molecular complexity index is 1320. The average Bonchev–Trinajstić information content (AvgIpc) is 3.38. The highest BCUT2D eigenvalue weighted by molar-refractivity contribution is 7.18. The maximum atomic E-state index is 13.0. The van der Waals surface area contributed by atoms with Crippen LogP contribution < -0.4 is 10.6 Å². The number of carbonyl (C=O) groups excluding carboxylic acids is 1. The summed E-state index contributed by atoms with van der Waals surface area (Å²) < 4.78 is 41.5. The molecule has 0 spiro atoms. The van der Waals surface area contributed by atoms with Gasteiger partial charge in [0.1, 0.15) is 11.5 Å². The number of aromatic nitrogens is 3. The molecule has 1 fully saturated rings. The third-order valence-electron chi connectivity index (χ3n) is 5.96. The van der Waals surface area contributed by atoms with Gasteiger partial charge < -0.3 is 10.6 Å². The number of anilines is 1. The van der Waals surface area contributed by atoms with Crippen LogP contribution in [-0.4, -0.2) is 32.4 Å². The van der Waals surface area contributed by atoms with E-state index in [2.05, 4.69) is 20.6 Å². The highest BCUT2D eigenvalue weighted by Gasteiger charge is 2.34. The first kappa shape index (κ1) is 21.7. The minimum Gasteiger partial charge on any atom is -0.368 e. The van der Waals surface area contributed by atoms with Gasteiger partial charge in [0, 0.05) is 18.3 Å². The van der Waals surface area contributed by atoms with Crippen LogP contribution >= 0.6 is 11.3 Å². The number of alkyl halides is 3. The number of hydrogen-bond donors (Lipinski definition) is 2. The van der Waals surface area contributed by atoms with E-state index < -0.39 is 11.9 Å². The molecule has 1 aromatic carbocycles. The number of pyridine rings is 1. The number of nitrogens with zero attached hydrogens (tertiary/aromatic N) is 3. The molecule has 1 amide bonds. The Labute approximate surface area is 191 Å². The summed E-state index contributed by atoms with van der Waals surface area (Å²) in [4.78, 5) is 21.0. The SMILES string of the molecule is Cc1nc2cccc(C(=O)N[C@H]3CC[C@@H](Nc4cccc5nc(C(F)(F)F)cn45)CC3)c2s1. The summed E-state index contributed by atoms with van der Waals surface area (Å²) in [7, 11) is 0. The van der Waals surface area contributed by atoms with Crippen LogP contribution in [0.3, 0.4) is 0 Å². The van der Waals surface area contributed by atoms with Crippen molar-refractivity contribution >= 4 is 38.9 Å². The third-order valence-corrected chi connectivity index (χ3v) is 6.98. The maximum Gasteiger partial charge on any atom is 0.434 e. The number of benzene rings is 1. The van der Waals surface area contributed by atoms with Gasteiger partial charge in [-0.2, -0.15) is 13.2 Å². The van der Waals surface area contributed by atoms with Crippen molar-refractivity contribution in [1.82, 2.24) is 19.7 Å². The zero-order valence-corrected chi connectivity index (χ0v) is 18.6. The number of fused-ring (bicyclic) bond motifs is 2. The van der Waals surface area contributed by atoms with Crippen molar-refractivity contribution < 1.29 is 18.0 Å². The van der Waals surface area contributed by atoms with E-state index in [1.165, 1.54) is 15.7 Å². The second kappa shape index (κ2) is 8.33. The van der Waals surface area contributed by atoms with E-state index in [1.807, 2.05) is 25.1 Å². The standard InChI is InChI=1S/C23H22F3N5OS/c1-13-27-17-5-2-4-16(21(17)33-13)22(32)29-15-10-8-14(9-11-15)28-19-6-3-7-20-30-18(12-31(19)20)23(24,25)26/h2-7,12,14-15,28H,8-11H2,1H3,(H,29,32)/t14-,15+. The molecule has 10 heteroatoms. The molecule has 0 bridgehead atoms. The van der Waals surface area contributed by atoms with E-state index >= 15 is 0 Å². The van der Waals surface area contributed by atoms with Gasteiger partial charge in [-0.3, -0.25) is 9.20 Å². The minimum absolute atomic E-state index is 0.0562. The molecule has 0 aliphatic heterocycles. The maximum absolute atomic E-state index is 13.0. The number of rotatable bonds is 4. The van der Waals surface area contributed by atoms with Crippen LogP contribution in [0.5, 0.6) is 0 Å². The number of thiazole rings is 1. The Morgan fingerprint density at radius 2 is 1.79 bits per heavy atom. The fourth-order valence-electron chi connectivity index (χ4n) is 4.36. The quantitative estimate of drug-likeness (QED) is 0.415. The van der Waals surface area contributed by atoms with Crippen LogP contribution in [0.2, 0.25) is 0 Å². The first-order valence-corrected chi connectivity index (χ1v) is 11.6. The zero-order valence-electron chi connectivity index (χ0n) is 17.8. The molecule has 3 heterocycles. The lowest BCUT2D eigenvalue weighted by Gasteiger charge is -2.30. The fourth-order valence-corrected chi connectivity index (χ4v) is 5.29. The summed E-state index contributed by atoms with van der Waals surface area (Å²) in [5.41, 5.74) is 0.820. The number of imidazole rings is 1. The predicted octanol–water partition coefficient (Wildman–Crippen LogP) is 5.42. The largest absolute Gasteiger partial charge is 0.434 e. The second-order valence-corrected chi connectivity index (χ2v) is 9.52. The van der Waals surface area contributed by atoms with Crippen LogP contribution in [0, 0.1) is 6.92 Å². The van der Waals surface area contributed by atoms with Gasteiger partial charge in [-0.05, 0) is 56.9 Å². The molecule has 4 aromatic rings. The Morgan fingerprint density at radius 3 is 2.55 bits per heavy atom. The summed E-state index contributed by atoms with van der Waals surface area (Å²) in [5, 5.41) is 7.42. The van der Waals surface area contributed by atoms with Gasteiger partial charge in [-0.25, -0.2) is 9.97 Å². The van der Waals surface area contributed by atoms with Gasteiger partial charge in [-0.15, -0.1) is 11.3 Å². The summed E-state index contributed by atoms with van der Waals surface area (Å²) >= 11 is 1.52. The second-order valence-electron chi connectivity index (χ2n) is 8.32. The molecular formula is C23H22F3N5OS. The average molecular weight is 474 g/mol. The van der Waals surface area contributed by atoms with Crippen LogP contribution in [0.25, 0.3) is 15.9 Å². The van der Waals surface area contributed by atoms with Gasteiger partial charge in [-0.1, -0.05) is 12.1 Å². The Hall–Kier alpha value is -3.14. The summed E-state index contributed by atoms with van der Waals surface area (Å²) in [5.74, 6) is 0.485. The molecule has 0 radical (unpaired) electrons. The third kappa shape index (κ3) is 4.39. The van der Waals surface area contributed by atoms with Gasteiger partial charge in [0.05, 0.1) is 20.8 Å².